The van der Waals surface area contributed by atoms with E-state index in [-0.39, 0.29) is 22.3 Å². The number of ether oxygens (including phenoxy) is 1. The van der Waals surface area contributed by atoms with Crippen LogP contribution in [0.5, 0.6) is 0 Å². The van der Waals surface area contributed by atoms with Gasteiger partial charge in [-0.15, -0.1) is 0 Å². The zero-order valence-corrected chi connectivity index (χ0v) is 17.0. The van der Waals surface area contributed by atoms with Crippen molar-refractivity contribution in [3.8, 4) is 0 Å². The fraction of sp³-hybridized carbons (Fsp3) is 0.895. The number of amides is 1. The number of carbonyl (C=O) groups excluding carboxylic acids is 1. The van der Waals surface area contributed by atoms with E-state index in [0.29, 0.717) is 12.6 Å². The average molecular weight is 353 g/mol. The van der Waals surface area contributed by atoms with Gasteiger partial charge in [-0.2, -0.15) is 0 Å². The first kappa shape index (κ1) is 20.0. The smallest absolute Gasteiger partial charge is 0.230 e. The molecule has 6 nitrogen and oxygen atoms in total. The fourth-order valence-electron chi connectivity index (χ4n) is 4.33. The summed E-state index contributed by atoms with van der Waals surface area (Å²) < 4.78 is 5.70. The number of nitrogens with one attached hydrogen (secondary N) is 2. The summed E-state index contributed by atoms with van der Waals surface area (Å²) in [6, 6.07) is 0.299. The quantitative estimate of drug-likeness (QED) is 0.587. The van der Waals surface area contributed by atoms with Gasteiger partial charge in [0.05, 0.1) is 11.0 Å². The number of aliphatic imine (C=N–C) groups is 1. The van der Waals surface area contributed by atoms with Gasteiger partial charge in [-0.3, -0.25) is 9.79 Å². The maximum absolute atomic E-state index is 12.7. The summed E-state index contributed by atoms with van der Waals surface area (Å²) in [6.45, 7) is 7.24. The van der Waals surface area contributed by atoms with Gasteiger partial charge >= 0.3 is 0 Å². The molecular weight excluding hydrogens is 316 g/mol. The molecule has 0 aromatic heterocycles. The van der Waals surface area contributed by atoms with Crippen LogP contribution in [0.3, 0.4) is 0 Å². The molecule has 0 radical (unpaired) electrons. The average Bonchev–Trinajstić information content (AvgIpc) is 3.06. The molecule has 0 bridgehead atoms. The molecule has 0 saturated heterocycles. The van der Waals surface area contributed by atoms with Crippen molar-refractivity contribution >= 4 is 11.9 Å². The molecule has 2 aliphatic rings. The Hall–Kier alpha value is -1.30. The Balaban J connectivity index is 1.98. The Bertz CT molecular complexity index is 524. The third kappa shape index (κ3) is 3.50. The zero-order chi connectivity index (χ0) is 18.9. The molecule has 25 heavy (non-hydrogen) atoms. The van der Waals surface area contributed by atoms with E-state index < -0.39 is 0 Å². The molecule has 2 atom stereocenters. The van der Waals surface area contributed by atoms with E-state index in [1.807, 2.05) is 14.1 Å². The Morgan fingerprint density at radius 3 is 2.28 bits per heavy atom. The lowest BCUT2D eigenvalue weighted by Gasteiger charge is -2.59. The largest absolute Gasteiger partial charge is 0.378 e. The van der Waals surface area contributed by atoms with Gasteiger partial charge in [0.2, 0.25) is 5.91 Å². The number of hydrogen-bond acceptors (Lipinski definition) is 3. The van der Waals surface area contributed by atoms with Crippen molar-refractivity contribution < 1.29 is 9.53 Å². The second-order valence-corrected chi connectivity index (χ2v) is 8.67. The maximum Gasteiger partial charge on any atom is 0.230 e. The van der Waals surface area contributed by atoms with Crippen LogP contribution in [0.2, 0.25) is 0 Å². The molecule has 0 aromatic rings. The van der Waals surface area contributed by atoms with Crippen LogP contribution in [-0.4, -0.2) is 63.2 Å². The van der Waals surface area contributed by atoms with E-state index in [4.69, 9.17) is 4.74 Å². The van der Waals surface area contributed by atoms with Gasteiger partial charge in [-0.25, -0.2) is 0 Å². The molecule has 2 saturated carbocycles. The molecule has 2 fully saturated rings. The summed E-state index contributed by atoms with van der Waals surface area (Å²) in [7, 11) is 7.25. The molecular formula is C19H36N4O2. The van der Waals surface area contributed by atoms with Crippen LogP contribution in [-0.2, 0) is 9.53 Å². The number of carbonyl (C=O) groups is 1. The normalized spacial score (nSPS) is 30.5. The Morgan fingerprint density at radius 2 is 1.84 bits per heavy atom. The molecule has 2 rings (SSSR count). The maximum atomic E-state index is 12.7. The molecule has 0 heterocycles. The minimum absolute atomic E-state index is 0.0177. The lowest BCUT2D eigenvalue weighted by atomic mass is 9.56. The summed E-state index contributed by atoms with van der Waals surface area (Å²) >= 11 is 0. The molecule has 0 aromatic carbocycles. The summed E-state index contributed by atoms with van der Waals surface area (Å²) in [5.41, 5.74) is -0.391. The van der Waals surface area contributed by atoms with Gasteiger partial charge < -0.3 is 20.3 Å². The topological polar surface area (TPSA) is 66.0 Å². The van der Waals surface area contributed by atoms with Crippen molar-refractivity contribution in [2.24, 2.45) is 15.8 Å². The minimum Gasteiger partial charge on any atom is -0.378 e. The third-order valence-electron chi connectivity index (χ3n) is 6.83. The fourth-order valence-corrected chi connectivity index (χ4v) is 4.33. The van der Waals surface area contributed by atoms with Gasteiger partial charge in [0.25, 0.3) is 0 Å². The standard InChI is InChI=1S/C19H36N4O2/c1-17(2)14(12-18(17,3)25-7)22-16(20-4)21-13-19(10-8-9-11-19)15(24)23(5)6/h14H,8-13H2,1-7H3,(H2,20,21,22). The monoisotopic (exact) mass is 352 g/mol. The molecule has 0 aliphatic heterocycles. The first-order chi connectivity index (χ1) is 11.6. The predicted octanol–water partition coefficient (Wildman–Crippen LogP) is 2.00. The zero-order valence-electron chi connectivity index (χ0n) is 17.0. The second-order valence-electron chi connectivity index (χ2n) is 8.67. The van der Waals surface area contributed by atoms with Crippen molar-refractivity contribution in [1.29, 1.82) is 0 Å². The summed E-state index contributed by atoms with van der Waals surface area (Å²) in [5, 5.41) is 6.95. The molecule has 2 aliphatic carbocycles. The molecule has 2 unspecified atom stereocenters. The lowest BCUT2D eigenvalue weighted by Crippen LogP contribution is -2.69. The van der Waals surface area contributed by atoms with Crippen LogP contribution in [0.15, 0.2) is 4.99 Å². The van der Waals surface area contributed by atoms with E-state index in [1.165, 1.54) is 0 Å². The van der Waals surface area contributed by atoms with Gasteiger partial charge in [0.1, 0.15) is 0 Å². The minimum atomic E-state index is -0.294. The number of nitrogens with zero attached hydrogens (tertiary/aromatic N) is 2. The summed E-state index contributed by atoms with van der Waals surface area (Å²) in [5.74, 6) is 0.998. The van der Waals surface area contributed by atoms with E-state index in [2.05, 4.69) is 36.4 Å². The molecule has 1 amide bonds. The Kier molecular flexibility index (Phi) is 5.71. The van der Waals surface area contributed by atoms with Crippen LogP contribution in [0.25, 0.3) is 0 Å². The lowest BCUT2D eigenvalue weighted by molar-refractivity contribution is -0.176. The van der Waals surface area contributed by atoms with Gasteiger partial charge in [-0.1, -0.05) is 26.7 Å². The number of guanidine groups is 1. The van der Waals surface area contributed by atoms with Crippen molar-refractivity contribution in [2.75, 3.05) is 34.8 Å². The van der Waals surface area contributed by atoms with Crippen LogP contribution in [0.1, 0.15) is 52.9 Å². The van der Waals surface area contributed by atoms with Crippen molar-refractivity contribution in [3.63, 3.8) is 0 Å². The Labute approximate surface area is 152 Å². The molecule has 0 spiro atoms. The van der Waals surface area contributed by atoms with Crippen LogP contribution < -0.4 is 10.6 Å². The molecule has 144 valence electrons. The first-order valence-corrected chi connectivity index (χ1v) is 9.36. The Morgan fingerprint density at radius 1 is 1.24 bits per heavy atom. The highest BCUT2D eigenvalue weighted by Crippen LogP contribution is 2.51. The van der Waals surface area contributed by atoms with Gasteiger partial charge in [0, 0.05) is 46.3 Å². The number of methoxy groups -OCH3 is 1. The highest BCUT2D eigenvalue weighted by atomic mass is 16.5. The van der Waals surface area contributed by atoms with Crippen molar-refractivity contribution in [2.45, 2.75) is 64.5 Å². The predicted molar refractivity (Wildman–Crippen MR) is 102 cm³/mol. The van der Waals surface area contributed by atoms with Crippen LogP contribution in [0, 0.1) is 10.8 Å². The second kappa shape index (κ2) is 7.14. The van der Waals surface area contributed by atoms with Gasteiger partial charge in [-0.05, 0) is 26.2 Å². The van der Waals surface area contributed by atoms with Crippen LogP contribution in [0.4, 0.5) is 0 Å². The number of rotatable bonds is 5. The van der Waals surface area contributed by atoms with Crippen molar-refractivity contribution in [1.82, 2.24) is 15.5 Å². The molecule has 2 N–H and O–H groups in total. The highest BCUT2D eigenvalue weighted by molar-refractivity contribution is 5.85. The van der Waals surface area contributed by atoms with Crippen molar-refractivity contribution in [3.05, 3.63) is 0 Å². The number of hydrogen-bond donors (Lipinski definition) is 2. The SMILES string of the molecule is CN=C(NCC1(C(=O)N(C)C)CCCC1)NC1CC(C)(OC)C1(C)C. The highest BCUT2D eigenvalue weighted by Gasteiger charge is 2.58. The van der Waals surface area contributed by atoms with Gasteiger partial charge in [0.15, 0.2) is 5.96 Å². The first-order valence-electron chi connectivity index (χ1n) is 9.36. The van der Waals surface area contributed by atoms with E-state index >= 15 is 0 Å². The van der Waals surface area contributed by atoms with E-state index in [0.717, 1.165) is 38.1 Å². The summed E-state index contributed by atoms with van der Waals surface area (Å²) in [4.78, 5) is 18.8. The van der Waals surface area contributed by atoms with E-state index in [9.17, 15) is 4.79 Å². The summed E-state index contributed by atoms with van der Waals surface area (Å²) in [6.07, 6.45) is 5.08. The molecule has 6 heteroatoms. The van der Waals surface area contributed by atoms with E-state index in [1.54, 1.807) is 19.1 Å². The third-order valence-corrected chi connectivity index (χ3v) is 6.83. The van der Waals surface area contributed by atoms with Crippen LogP contribution >= 0.6 is 0 Å².